The number of hydrogen-bond donors (Lipinski definition) is 4. The molecule has 0 unspecified atom stereocenters. The molecule has 0 radical (unpaired) electrons. The van der Waals surface area contributed by atoms with Crippen molar-refractivity contribution in [1.29, 1.82) is 0 Å². The Morgan fingerprint density at radius 3 is 2.42 bits per heavy atom. The van der Waals surface area contributed by atoms with Gasteiger partial charge in [-0.3, -0.25) is 14.8 Å². The Labute approximate surface area is 247 Å². The SMILES string of the molecule is CNC(=O)c1cnc(Cl)nc1Nc1cc(COCc2cc(NC(=O)O)cc(C(F)(F)F)c2)cc(-c2ncn(C)n2)c1OC. The van der Waals surface area contributed by atoms with E-state index in [2.05, 4.69) is 30.7 Å². The van der Waals surface area contributed by atoms with E-state index >= 15 is 0 Å². The molecule has 0 atom stereocenters. The van der Waals surface area contributed by atoms with Gasteiger partial charge in [0.25, 0.3) is 5.91 Å². The van der Waals surface area contributed by atoms with Crippen LogP contribution < -0.4 is 20.7 Å². The summed E-state index contributed by atoms with van der Waals surface area (Å²) in [5.74, 6) is 0.161. The third kappa shape index (κ3) is 7.66. The summed E-state index contributed by atoms with van der Waals surface area (Å²) in [6.45, 7) is -0.393. The number of aromatic nitrogens is 5. The van der Waals surface area contributed by atoms with Gasteiger partial charge >= 0.3 is 12.3 Å². The van der Waals surface area contributed by atoms with E-state index in [4.69, 9.17) is 26.2 Å². The normalized spacial score (nSPS) is 11.2. The summed E-state index contributed by atoms with van der Waals surface area (Å²) in [6, 6.07) is 6.11. The lowest BCUT2D eigenvalue weighted by atomic mass is 10.1. The van der Waals surface area contributed by atoms with Crippen LogP contribution in [0.4, 0.5) is 35.2 Å². The number of carboxylic acid groups (broad SMARTS) is 1. The molecule has 0 aliphatic rings. The van der Waals surface area contributed by atoms with Crippen LogP contribution in [0.5, 0.6) is 5.75 Å². The van der Waals surface area contributed by atoms with Gasteiger partial charge in [-0.25, -0.2) is 14.8 Å². The van der Waals surface area contributed by atoms with Gasteiger partial charge in [-0.15, -0.1) is 0 Å². The fourth-order valence-electron chi connectivity index (χ4n) is 4.02. The molecule has 4 aromatic rings. The molecule has 226 valence electrons. The maximum Gasteiger partial charge on any atom is 0.416 e. The molecule has 17 heteroatoms. The third-order valence-corrected chi connectivity index (χ3v) is 5.97. The molecule has 2 heterocycles. The predicted octanol–water partition coefficient (Wildman–Crippen LogP) is 4.86. The Balaban J connectivity index is 1.69. The van der Waals surface area contributed by atoms with Crippen molar-refractivity contribution in [1.82, 2.24) is 30.0 Å². The number of benzene rings is 2. The maximum absolute atomic E-state index is 13.4. The highest BCUT2D eigenvalue weighted by Gasteiger charge is 2.31. The zero-order valence-corrected chi connectivity index (χ0v) is 23.5. The first-order valence-electron chi connectivity index (χ1n) is 12.2. The minimum atomic E-state index is -4.70. The topological polar surface area (TPSA) is 165 Å². The first kappa shape index (κ1) is 31.0. The lowest BCUT2D eigenvalue weighted by Crippen LogP contribution is -2.20. The molecule has 0 fully saturated rings. The quantitative estimate of drug-likeness (QED) is 0.180. The predicted molar refractivity (Wildman–Crippen MR) is 148 cm³/mol. The highest BCUT2D eigenvalue weighted by atomic mass is 35.5. The monoisotopic (exact) mass is 620 g/mol. The highest BCUT2D eigenvalue weighted by molar-refractivity contribution is 6.28. The van der Waals surface area contributed by atoms with Crippen molar-refractivity contribution in [3.8, 4) is 17.1 Å². The minimum Gasteiger partial charge on any atom is -0.494 e. The van der Waals surface area contributed by atoms with E-state index in [1.165, 1.54) is 37.4 Å². The van der Waals surface area contributed by atoms with Crippen LogP contribution in [0.25, 0.3) is 11.4 Å². The summed E-state index contributed by atoms with van der Waals surface area (Å²) in [5.41, 5.74) is 0.149. The van der Waals surface area contributed by atoms with Crippen LogP contribution in [0.3, 0.4) is 0 Å². The molecule has 2 amide bonds. The number of hydrogen-bond acceptors (Lipinski definition) is 9. The number of rotatable bonds is 10. The third-order valence-electron chi connectivity index (χ3n) is 5.79. The van der Waals surface area contributed by atoms with Gasteiger partial charge in [0.15, 0.2) is 11.6 Å². The second-order valence-electron chi connectivity index (χ2n) is 8.91. The van der Waals surface area contributed by atoms with Crippen LogP contribution in [-0.2, 0) is 31.2 Å². The van der Waals surface area contributed by atoms with Crippen molar-refractivity contribution in [2.24, 2.45) is 7.05 Å². The van der Waals surface area contributed by atoms with Crippen LogP contribution in [0, 0.1) is 0 Å². The molecule has 2 aromatic heterocycles. The highest BCUT2D eigenvalue weighted by Crippen LogP contribution is 2.39. The molecule has 2 aromatic carbocycles. The second kappa shape index (κ2) is 12.9. The molecule has 4 N–H and O–H groups in total. The first-order chi connectivity index (χ1) is 20.4. The smallest absolute Gasteiger partial charge is 0.416 e. The summed E-state index contributed by atoms with van der Waals surface area (Å²) in [7, 11) is 4.54. The van der Waals surface area contributed by atoms with Crippen LogP contribution in [0.15, 0.2) is 42.9 Å². The number of methoxy groups -OCH3 is 1. The van der Waals surface area contributed by atoms with E-state index in [0.717, 1.165) is 6.07 Å². The lowest BCUT2D eigenvalue weighted by Gasteiger charge is -2.17. The Morgan fingerprint density at radius 1 is 1.09 bits per heavy atom. The molecule has 43 heavy (non-hydrogen) atoms. The summed E-state index contributed by atoms with van der Waals surface area (Å²) >= 11 is 6.00. The molecule has 0 spiro atoms. The first-order valence-corrected chi connectivity index (χ1v) is 12.6. The van der Waals surface area contributed by atoms with E-state index < -0.39 is 23.7 Å². The number of carbonyl (C=O) groups is 2. The van der Waals surface area contributed by atoms with Gasteiger partial charge in [-0.2, -0.15) is 23.3 Å². The molecule has 0 saturated heterocycles. The number of aryl methyl sites for hydroxylation is 1. The Hall–Kier alpha value is -4.96. The van der Waals surface area contributed by atoms with E-state index in [-0.39, 0.29) is 46.9 Å². The lowest BCUT2D eigenvalue weighted by molar-refractivity contribution is -0.137. The van der Waals surface area contributed by atoms with Gasteiger partial charge in [0, 0.05) is 26.0 Å². The van der Waals surface area contributed by atoms with Gasteiger partial charge in [-0.05, 0) is 53.1 Å². The fourth-order valence-corrected chi connectivity index (χ4v) is 4.15. The summed E-state index contributed by atoms with van der Waals surface area (Å²) in [5, 5.41) is 20.6. The van der Waals surface area contributed by atoms with Crippen LogP contribution >= 0.6 is 11.6 Å². The standard InChI is InChI=1S/C26H24ClF3N8O5/c1-31-23(39)18-9-32-24(27)36-22(18)35-19-7-14(6-17(20(19)42-3)21-33-12-38(2)37-21)11-43-10-13-4-15(26(28,29)30)8-16(5-13)34-25(40)41/h4-9,12,34H,10-11H2,1-3H3,(H,31,39)(H,40,41)(H,32,35,36). The van der Waals surface area contributed by atoms with Crippen molar-refractivity contribution < 1.29 is 37.3 Å². The molecule has 4 rings (SSSR count). The Kier molecular flexibility index (Phi) is 9.30. The van der Waals surface area contributed by atoms with Gasteiger partial charge in [0.2, 0.25) is 5.28 Å². The largest absolute Gasteiger partial charge is 0.494 e. The number of amides is 2. The average molecular weight is 621 g/mol. The Bertz CT molecular complexity index is 1660. The van der Waals surface area contributed by atoms with Crippen molar-refractivity contribution in [3.63, 3.8) is 0 Å². The minimum absolute atomic E-state index is 0.0677. The average Bonchev–Trinajstić information content (AvgIpc) is 3.37. The second-order valence-corrected chi connectivity index (χ2v) is 9.25. The van der Waals surface area contributed by atoms with E-state index in [0.29, 0.717) is 28.7 Å². The molecule has 0 bridgehead atoms. The van der Waals surface area contributed by atoms with Gasteiger partial charge in [0.05, 0.1) is 37.1 Å². The Morgan fingerprint density at radius 2 is 1.81 bits per heavy atom. The number of nitrogens with zero attached hydrogens (tertiary/aromatic N) is 5. The van der Waals surface area contributed by atoms with E-state index in [1.54, 1.807) is 19.2 Å². The fraction of sp³-hybridized carbons (Fsp3) is 0.231. The van der Waals surface area contributed by atoms with E-state index in [9.17, 15) is 22.8 Å². The number of ether oxygens (including phenoxy) is 2. The number of anilines is 3. The number of carbonyl (C=O) groups excluding carboxylic acids is 1. The van der Waals surface area contributed by atoms with Crippen molar-refractivity contribution in [2.45, 2.75) is 19.4 Å². The number of nitrogens with one attached hydrogen (secondary N) is 3. The summed E-state index contributed by atoms with van der Waals surface area (Å²) in [6.07, 6.45) is -3.48. The zero-order valence-electron chi connectivity index (χ0n) is 22.8. The van der Waals surface area contributed by atoms with Crippen LogP contribution in [-0.4, -0.2) is 56.0 Å². The molecule has 0 saturated carbocycles. The van der Waals surface area contributed by atoms with Gasteiger partial charge in [-0.1, -0.05) is 0 Å². The molecule has 13 nitrogen and oxygen atoms in total. The zero-order chi connectivity index (χ0) is 31.3. The molecular weight excluding hydrogens is 597 g/mol. The van der Waals surface area contributed by atoms with Crippen molar-refractivity contribution >= 4 is 40.8 Å². The van der Waals surface area contributed by atoms with Crippen molar-refractivity contribution in [2.75, 3.05) is 24.8 Å². The molecule has 0 aliphatic heterocycles. The molecular formula is C26H24ClF3N8O5. The molecule has 0 aliphatic carbocycles. The maximum atomic E-state index is 13.4. The van der Waals surface area contributed by atoms with Gasteiger partial charge in [0.1, 0.15) is 17.7 Å². The summed E-state index contributed by atoms with van der Waals surface area (Å²) in [4.78, 5) is 35.7. The van der Waals surface area contributed by atoms with E-state index in [1.807, 2.05) is 5.32 Å². The van der Waals surface area contributed by atoms with Crippen LogP contribution in [0.1, 0.15) is 27.0 Å². The van der Waals surface area contributed by atoms with Crippen LogP contribution in [0.2, 0.25) is 5.28 Å². The van der Waals surface area contributed by atoms with Gasteiger partial charge < -0.3 is 25.2 Å². The summed E-state index contributed by atoms with van der Waals surface area (Å²) < 4.78 is 53.1. The number of halogens is 4. The number of alkyl halides is 3. The van der Waals surface area contributed by atoms with Crippen molar-refractivity contribution in [3.05, 3.63) is 70.4 Å².